The van der Waals surface area contributed by atoms with E-state index < -0.39 is 0 Å². The Morgan fingerprint density at radius 3 is 2.70 bits per heavy atom. The number of anilines is 1. The fourth-order valence-corrected chi connectivity index (χ4v) is 3.82. The first-order chi connectivity index (χ1) is 13.1. The van der Waals surface area contributed by atoms with Crippen molar-refractivity contribution >= 4 is 23.5 Å². The molecule has 1 aromatic heterocycles. The van der Waals surface area contributed by atoms with E-state index in [0.29, 0.717) is 12.3 Å². The van der Waals surface area contributed by atoms with Gasteiger partial charge in [-0.25, -0.2) is 9.97 Å². The largest absolute Gasteiger partial charge is 0.372 e. The van der Waals surface area contributed by atoms with Crippen LogP contribution in [0.1, 0.15) is 19.4 Å². The molecule has 0 spiro atoms. The molecule has 2 heterocycles. The van der Waals surface area contributed by atoms with Gasteiger partial charge >= 0.3 is 0 Å². The van der Waals surface area contributed by atoms with Crippen molar-refractivity contribution in [3.8, 4) is 0 Å². The second kappa shape index (κ2) is 9.71. The Balaban J connectivity index is 1.46. The summed E-state index contributed by atoms with van der Waals surface area (Å²) in [7, 11) is 0. The molecule has 1 amide bonds. The Bertz CT molecular complexity index is 734. The van der Waals surface area contributed by atoms with Gasteiger partial charge in [0.1, 0.15) is 17.2 Å². The molecule has 27 heavy (non-hydrogen) atoms. The van der Waals surface area contributed by atoms with Gasteiger partial charge in [0.2, 0.25) is 5.91 Å². The second-order valence-corrected chi connectivity index (χ2v) is 7.75. The number of amides is 1. The summed E-state index contributed by atoms with van der Waals surface area (Å²) in [5.41, 5.74) is 1.22. The molecule has 1 aliphatic rings. The predicted octanol–water partition coefficient (Wildman–Crippen LogP) is 2.54. The Kier molecular flexibility index (Phi) is 7.06. The van der Waals surface area contributed by atoms with Gasteiger partial charge in [-0.05, 0) is 25.8 Å². The van der Waals surface area contributed by atoms with Crippen LogP contribution < -0.4 is 10.2 Å². The van der Waals surface area contributed by atoms with E-state index in [2.05, 4.69) is 46.2 Å². The number of carbonyl (C=O) groups excluding carboxylic acids is 1. The maximum Gasteiger partial charge on any atom is 0.230 e. The number of hydrogen-bond donors (Lipinski definition) is 1. The monoisotopic (exact) mass is 386 g/mol. The number of rotatable bonds is 7. The van der Waals surface area contributed by atoms with E-state index in [1.165, 1.54) is 17.3 Å². The van der Waals surface area contributed by atoms with Gasteiger partial charge in [0.05, 0.1) is 18.0 Å². The molecule has 0 aliphatic carbocycles. The van der Waals surface area contributed by atoms with E-state index in [0.717, 1.165) is 30.4 Å². The van der Waals surface area contributed by atoms with Crippen molar-refractivity contribution in [2.45, 2.75) is 37.5 Å². The van der Waals surface area contributed by atoms with Crippen LogP contribution in [0.5, 0.6) is 0 Å². The number of hydrogen-bond acceptors (Lipinski definition) is 6. The molecule has 1 aliphatic heterocycles. The summed E-state index contributed by atoms with van der Waals surface area (Å²) in [5.74, 6) is 1.25. The molecule has 1 aromatic carbocycles. The quantitative estimate of drug-likeness (QED) is 0.583. The number of nitrogens with one attached hydrogen (secondary N) is 1. The minimum atomic E-state index is 0.0183. The Labute approximate surface area is 164 Å². The van der Waals surface area contributed by atoms with Crippen molar-refractivity contribution < 1.29 is 9.53 Å². The van der Waals surface area contributed by atoms with Gasteiger partial charge in [0.25, 0.3) is 0 Å². The molecule has 0 bridgehead atoms. The van der Waals surface area contributed by atoms with Crippen molar-refractivity contribution in [2.24, 2.45) is 0 Å². The van der Waals surface area contributed by atoms with Crippen LogP contribution in [0.4, 0.5) is 5.82 Å². The summed E-state index contributed by atoms with van der Waals surface area (Å²) in [6.07, 6.45) is 2.75. The van der Waals surface area contributed by atoms with E-state index in [9.17, 15) is 4.79 Å². The van der Waals surface area contributed by atoms with Crippen molar-refractivity contribution in [3.05, 3.63) is 48.3 Å². The van der Waals surface area contributed by atoms with Crippen LogP contribution in [-0.4, -0.2) is 53.5 Å². The van der Waals surface area contributed by atoms with E-state index >= 15 is 0 Å². The van der Waals surface area contributed by atoms with Crippen LogP contribution in [0.3, 0.4) is 0 Å². The molecule has 6 nitrogen and oxygen atoms in total. The molecule has 0 radical (unpaired) electrons. The highest BCUT2D eigenvalue weighted by Gasteiger charge is 2.23. The lowest BCUT2D eigenvalue weighted by Crippen LogP contribution is -2.45. The molecule has 3 rings (SSSR count). The highest BCUT2D eigenvalue weighted by Crippen LogP contribution is 2.22. The topological polar surface area (TPSA) is 67.4 Å². The van der Waals surface area contributed by atoms with Gasteiger partial charge in [-0.1, -0.05) is 42.1 Å². The first-order valence-electron chi connectivity index (χ1n) is 9.26. The molecular formula is C20H26N4O2S. The smallest absolute Gasteiger partial charge is 0.230 e. The SMILES string of the molecule is CC1CN(c2cc(SCC(=O)NCCc3ccccc3)ncn2)CC(C)O1. The summed E-state index contributed by atoms with van der Waals surface area (Å²) in [6, 6.07) is 12.1. The minimum Gasteiger partial charge on any atom is -0.372 e. The van der Waals surface area contributed by atoms with Crippen LogP contribution >= 0.6 is 11.8 Å². The summed E-state index contributed by atoms with van der Waals surface area (Å²) < 4.78 is 5.77. The Morgan fingerprint density at radius 1 is 1.22 bits per heavy atom. The normalized spacial score (nSPS) is 19.7. The number of ether oxygens (including phenoxy) is 1. The van der Waals surface area contributed by atoms with Crippen molar-refractivity contribution in [1.29, 1.82) is 0 Å². The van der Waals surface area contributed by atoms with Crippen LogP contribution in [-0.2, 0) is 16.0 Å². The highest BCUT2D eigenvalue weighted by molar-refractivity contribution is 7.99. The molecule has 7 heteroatoms. The van der Waals surface area contributed by atoms with Gasteiger partial charge in [0.15, 0.2) is 0 Å². The number of benzene rings is 1. The molecule has 144 valence electrons. The summed E-state index contributed by atoms with van der Waals surface area (Å²) in [4.78, 5) is 23.0. The third-order valence-electron chi connectivity index (χ3n) is 4.30. The number of aromatic nitrogens is 2. The standard InChI is InChI=1S/C20H26N4O2S/c1-15-11-24(12-16(2)26-15)18-10-20(23-14-22-18)27-13-19(25)21-9-8-17-6-4-3-5-7-17/h3-7,10,14-16H,8-9,11-13H2,1-2H3,(H,21,25). The number of nitrogens with zero attached hydrogens (tertiary/aromatic N) is 3. The Morgan fingerprint density at radius 2 is 1.96 bits per heavy atom. The molecular weight excluding hydrogens is 360 g/mol. The summed E-state index contributed by atoms with van der Waals surface area (Å²) >= 11 is 1.43. The summed E-state index contributed by atoms with van der Waals surface area (Å²) in [6.45, 7) is 6.40. The zero-order valence-electron chi connectivity index (χ0n) is 15.8. The fourth-order valence-electron chi connectivity index (χ4n) is 3.13. The molecule has 0 saturated carbocycles. The molecule has 1 fully saturated rings. The van der Waals surface area contributed by atoms with Crippen LogP contribution in [0.2, 0.25) is 0 Å². The van der Waals surface area contributed by atoms with Gasteiger partial charge in [-0.3, -0.25) is 4.79 Å². The zero-order valence-corrected chi connectivity index (χ0v) is 16.6. The molecule has 1 saturated heterocycles. The third-order valence-corrected chi connectivity index (χ3v) is 5.23. The predicted molar refractivity (Wildman–Crippen MR) is 108 cm³/mol. The molecule has 1 N–H and O–H groups in total. The van der Waals surface area contributed by atoms with E-state index in [1.807, 2.05) is 24.3 Å². The van der Waals surface area contributed by atoms with E-state index in [1.54, 1.807) is 6.33 Å². The summed E-state index contributed by atoms with van der Waals surface area (Å²) in [5, 5.41) is 3.77. The van der Waals surface area contributed by atoms with Gasteiger partial charge < -0.3 is 15.0 Å². The van der Waals surface area contributed by atoms with E-state index in [4.69, 9.17) is 4.74 Å². The van der Waals surface area contributed by atoms with Crippen molar-refractivity contribution in [2.75, 3.05) is 30.3 Å². The van der Waals surface area contributed by atoms with Crippen molar-refractivity contribution in [1.82, 2.24) is 15.3 Å². The average molecular weight is 387 g/mol. The van der Waals surface area contributed by atoms with Gasteiger partial charge in [-0.15, -0.1) is 0 Å². The lowest BCUT2D eigenvalue weighted by Gasteiger charge is -2.36. The molecule has 2 unspecified atom stereocenters. The number of morpholine rings is 1. The fraction of sp³-hybridized carbons (Fsp3) is 0.450. The number of thioether (sulfide) groups is 1. The van der Waals surface area contributed by atoms with Crippen LogP contribution in [0, 0.1) is 0 Å². The van der Waals surface area contributed by atoms with Gasteiger partial charge in [-0.2, -0.15) is 0 Å². The molecule has 2 aromatic rings. The lowest BCUT2D eigenvalue weighted by atomic mass is 10.1. The second-order valence-electron chi connectivity index (χ2n) is 6.75. The number of carbonyl (C=O) groups is 1. The van der Waals surface area contributed by atoms with Gasteiger partial charge in [0, 0.05) is 25.7 Å². The highest BCUT2D eigenvalue weighted by atomic mass is 32.2. The van der Waals surface area contributed by atoms with Crippen molar-refractivity contribution in [3.63, 3.8) is 0 Å². The minimum absolute atomic E-state index is 0.0183. The molecule has 2 atom stereocenters. The average Bonchev–Trinajstić information content (AvgIpc) is 2.67. The first-order valence-corrected chi connectivity index (χ1v) is 10.2. The zero-order chi connectivity index (χ0) is 19.1. The third kappa shape index (κ3) is 6.22. The maximum atomic E-state index is 12.1. The van der Waals surface area contributed by atoms with Crippen LogP contribution in [0.15, 0.2) is 47.8 Å². The first kappa shape index (κ1) is 19.6. The van der Waals surface area contributed by atoms with Crippen LogP contribution in [0.25, 0.3) is 0 Å². The van der Waals surface area contributed by atoms with E-state index in [-0.39, 0.29) is 18.1 Å². The lowest BCUT2D eigenvalue weighted by molar-refractivity contribution is -0.118. The Hall–Kier alpha value is -2.12. The maximum absolute atomic E-state index is 12.1.